The number of rotatable bonds is 2. The summed E-state index contributed by atoms with van der Waals surface area (Å²) < 4.78 is 0. The molecule has 0 aromatic rings. The molecule has 94 valence electrons. The molecule has 1 aliphatic carbocycles. The lowest BCUT2D eigenvalue weighted by Crippen LogP contribution is -2.49. The second-order valence-corrected chi connectivity index (χ2v) is 6.54. The molecule has 1 saturated carbocycles. The van der Waals surface area contributed by atoms with Crippen LogP contribution in [-0.4, -0.2) is 30.6 Å². The van der Waals surface area contributed by atoms with Crippen molar-refractivity contribution in [2.75, 3.05) is 19.6 Å². The Morgan fingerprint density at radius 1 is 1.25 bits per heavy atom. The summed E-state index contributed by atoms with van der Waals surface area (Å²) in [6, 6.07) is 0.440. The van der Waals surface area contributed by atoms with Crippen molar-refractivity contribution in [3.63, 3.8) is 0 Å². The standard InChI is InChI=1S/C14H28N2/c1-12-10-16(9-6-13(12)15)11-14(2)7-4-3-5-8-14/h12-13H,3-11,15H2,1-2H3. The molecule has 2 fully saturated rings. The van der Waals surface area contributed by atoms with Crippen molar-refractivity contribution in [1.82, 2.24) is 4.90 Å². The Labute approximate surface area is 101 Å². The lowest BCUT2D eigenvalue weighted by atomic mass is 9.75. The maximum absolute atomic E-state index is 6.08. The largest absolute Gasteiger partial charge is 0.327 e. The summed E-state index contributed by atoms with van der Waals surface area (Å²) in [6.45, 7) is 8.55. The van der Waals surface area contributed by atoms with Crippen LogP contribution in [0.3, 0.4) is 0 Å². The molecular weight excluding hydrogens is 196 g/mol. The van der Waals surface area contributed by atoms with Crippen LogP contribution in [0.15, 0.2) is 0 Å². The van der Waals surface area contributed by atoms with Gasteiger partial charge < -0.3 is 10.6 Å². The Kier molecular flexibility index (Phi) is 3.91. The molecule has 0 radical (unpaired) electrons. The quantitative estimate of drug-likeness (QED) is 0.781. The Balaban J connectivity index is 1.84. The summed E-state index contributed by atoms with van der Waals surface area (Å²) in [4.78, 5) is 2.67. The summed E-state index contributed by atoms with van der Waals surface area (Å²) in [6.07, 6.45) is 8.40. The van der Waals surface area contributed by atoms with Gasteiger partial charge in [0, 0.05) is 19.1 Å². The average Bonchev–Trinajstić information content (AvgIpc) is 2.24. The number of likely N-dealkylation sites (tertiary alicyclic amines) is 1. The number of hydrogen-bond donors (Lipinski definition) is 1. The Bertz CT molecular complexity index is 221. The zero-order valence-corrected chi connectivity index (χ0v) is 11.0. The average molecular weight is 224 g/mol. The first-order chi connectivity index (χ1) is 7.59. The topological polar surface area (TPSA) is 29.3 Å². The van der Waals surface area contributed by atoms with Gasteiger partial charge in [-0.05, 0) is 37.1 Å². The SMILES string of the molecule is CC1CN(CC2(C)CCCCC2)CCC1N. The number of piperidine rings is 1. The predicted octanol–water partition coefficient (Wildman–Crippen LogP) is 2.63. The van der Waals surface area contributed by atoms with Crippen LogP contribution in [0.4, 0.5) is 0 Å². The van der Waals surface area contributed by atoms with E-state index >= 15 is 0 Å². The van der Waals surface area contributed by atoms with Gasteiger partial charge in [0.25, 0.3) is 0 Å². The van der Waals surface area contributed by atoms with Gasteiger partial charge in [-0.2, -0.15) is 0 Å². The van der Waals surface area contributed by atoms with Gasteiger partial charge in [0.1, 0.15) is 0 Å². The van der Waals surface area contributed by atoms with Gasteiger partial charge in [-0.1, -0.05) is 33.1 Å². The summed E-state index contributed by atoms with van der Waals surface area (Å²) in [5.74, 6) is 0.681. The Morgan fingerprint density at radius 3 is 2.56 bits per heavy atom. The molecule has 0 amide bonds. The van der Waals surface area contributed by atoms with Crippen molar-refractivity contribution in [2.24, 2.45) is 17.1 Å². The van der Waals surface area contributed by atoms with Gasteiger partial charge in [0.15, 0.2) is 0 Å². The van der Waals surface area contributed by atoms with Crippen LogP contribution in [0.2, 0.25) is 0 Å². The third-order valence-electron chi connectivity index (χ3n) is 4.72. The highest BCUT2D eigenvalue weighted by atomic mass is 15.1. The monoisotopic (exact) mass is 224 g/mol. The number of nitrogens with zero attached hydrogens (tertiary/aromatic N) is 1. The molecule has 0 bridgehead atoms. The van der Waals surface area contributed by atoms with E-state index in [4.69, 9.17) is 5.73 Å². The minimum Gasteiger partial charge on any atom is -0.327 e. The number of hydrogen-bond acceptors (Lipinski definition) is 2. The first kappa shape index (κ1) is 12.4. The Hall–Kier alpha value is -0.0800. The maximum atomic E-state index is 6.08. The fourth-order valence-corrected chi connectivity index (χ4v) is 3.50. The summed E-state index contributed by atoms with van der Waals surface area (Å²) >= 11 is 0. The van der Waals surface area contributed by atoms with Crippen molar-refractivity contribution in [3.8, 4) is 0 Å². The maximum Gasteiger partial charge on any atom is 0.00889 e. The summed E-state index contributed by atoms with van der Waals surface area (Å²) in [7, 11) is 0. The lowest BCUT2D eigenvalue weighted by molar-refractivity contribution is 0.0822. The normalized spacial score (nSPS) is 36.2. The summed E-state index contributed by atoms with van der Waals surface area (Å²) in [5.41, 5.74) is 6.68. The van der Waals surface area contributed by atoms with Crippen LogP contribution in [0.5, 0.6) is 0 Å². The molecule has 1 aliphatic heterocycles. The van der Waals surface area contributed by atoms with E-state index in [0.717, 1.165) is 0 Å². The van der Waals surface area contributed by atoms with Crippen LogP contribution in [0.1, 0.15) is 52.4 Å². The van der Waals surface area contributed by atoms with E-state index in [9.17, 15) is 0 Å². The highest BCUT2D eigenvalue weighted by molar-refractivity contribution is 4.86. The van der Waals surface area contributed by atoms with Crippen LogP contribution in [-0.2, 0) is 0 Å². The van der Waals surface area contributed by atoms with Crippen molar-refractivity contribution in [3.05, 3.63) is 0 Å². The van der Waals surface area contributed by atoms with Gasteiger partial charge in [0.05, 0.1) is 0 Å². The zero-order valence-electron chi connectivity index (χ0n) is 11.0. The van der Waals surface area contributed by atoms with E-state index in [1.54, 1.807) is 0 Å². The molecule has 1 heterocycles. The molecule has 1 saturated heterocycles. The molecule has 2 heteroatoms. The first-order valence-corrected chi connectivity index (χ1v) is 7.07. The first-order valence-electron chi connectivity index (χ1n) is 7.07. The smallest absolute Gasteiger partial charge is 0.00889 e. The van der Waals surface area contributed by atoms with Crippen molar-refractivity contribution < 1.29 is 0 Å². The molecule has 2 atom stereocenters. The van der Waals surface area contributed by atoms with E-state index in [1.165, 1.54) is 58.2 Å². The van der Waals surface area contributed by atoms with E-state index in [-0.39, 0.29) is 0 Å². The fourth-order valence-electron chi connectivity index (χ4n) is 3.50. The molecular formula is C14H28N2. The third-order valence-corrected chi connectivity index (χ3v) is 4.72. The van der Waals surface area contributed by atoms with Crippen LogP contribution in [0.25, 0.3) is 0 Å². The van der Waals surface area contributed by atoms with Crippen LogP contribution >= 0.6 is 0 Å². The van der Waals surface area contributed by atoms with Crippen molar-refractivity contribution in [2.45, 2.75) is 58.4 Å². The lowest BCUT2D eigenvalue weighted by Gasteiger charge is -2.42. The van der Waals surface area contributed by atoms with Gasteiger partial charge >= 0.3 is 0 Å². The van der Waals surface area contributed by atoms with Gasteiger partial charge in [-0.15, -0.1) is 0 Å². The minimum atomic E-state index is 0.440. The van der Waals surface area contributed by atoms with Gasteiger partial charge in [-0.25, -0.2) is 0 Å². The van der Waals surface area contributed by atoms with E-state index in [2.05, 4.69) is 18.7 Å². The predicted molar refractivity (Wildman–Crippen MR) is 69.4 cm³/mol. The van der Waals surface area contributed by atoms with E-state index < -0.39 is 0 Å². The highest BCUT2D eigenvalue weighted by Crippen LogP contribution is 2.37. The van der Waals surface area contributed by atoms with Crippen molar-refractivity contribution in [1.29, 1.82) is 0 Å². The molecule has 0 aromatic heterocycles. The van der Waals surface area contributed by atoms with Crippen LogP contribution < -0.4 is 5.73 Å². The minimum absolute atomic E-state index is 0.440. The molecule has 2 N–H and O–H groups in total. The molecule has 2 aliphatic rings. The van der Waals surface area contributed by atoms with Gasteiger partial charge in [-0.3, -0.25) is 0 Å². The summed E-state index contributed by atoms with van der Waals surface area (Å²) in [5, 5.41) is 0. The number of nitrogens with two attached hydrogens (primary N) is 1. The molecule has 0 spiro atoms. The highest BCUT2D eigenvalue weighted by Gasteiger charge is 2.31. The molecule has 2 rings (SSSR count). The zero-order chi connectivity index (χ0) is 11.6. The molecule has 2 nitrogen and oxygen atoms in total. The fraction of sp³-hybridized carbons (Fsp3) is 1.00. The molecule has 16 heavy (non-hydrogen) atoms. The van der Waals surface area contributed by atoms with E-state index in [1.807, 2.05) is 0 Å². The van der Waals surface area contributed by atoms with Crippen molar-refractivity contribution >= 4 is 0 Å². The van der Waals surface area contributed by atoms with Gasteiger partial charge in [0.2, 0.25) is 0 Å². The third kappa shape index (κ3) is 2.98. The second kappa shape index (κ2) is 5.05. The Morgan fingerprint density at radius 2 is 1.94 bits per heavy atom. The van der Waals surface area contributed by atoms with E-state index in [0.29, 0.717) is 17.4 Å². The molecule has 2 unspecified atom stereocenters. The second-order valence-electron chi connectivity index (χ2n) is 6.54. The molecule has 0 aromatic carbocycles. The van der Waals surface area contributed by atoms with Crippen LogP contribution in [0, 0.1) is 11.3 Å².